The molecule has 1 unspecified atom stereocenters. The van der Waals surface area contributed by atoms with Gasteiger partial charge in [0, 0.05) is 45.1 Å². The van der Waals surface area contributed by atoms with Crippen LogP contribution in [0.25, 0.3) is 0 Å². The third-order valence-electron chi connectivity index (χ3n) is 6.61. The number of carbonyl (C=O) groups is 3. The highest BCUT2D eigenvalue weighted by Crippen LogP contribution is 2.31. The number of nitrogens with zero attached hydrogens (tertiary/aromatic N) is 2. The number of rotatable bonds is 6. The van der Waals surface area contributed by atoms with Crippen molar-refractivity contribution in [2.45, 2.75) is 57.8 Å². The molecule has 8 nitrogen and oxygen atoms in total. The lowest BCUT2D eigenvalue weighted by Crippen LogP contribution is -2.49. The van der Waals surface area contributed by atoms with Gasteiger partial charge in [-0.3, -0.25) is 9.59 Å². The lowest BCUT2D eigenvalue weighted by molar-refractivity contribution is -0.138. The number of nitrogens with one attached hydrogen (secondary N) is 1. The molecule has 1 atom stereocenters. The Labute approximate surface area is 216 Å². The van der Waals surface area contributed by atoms with Crippen LogP contribution >= 0.6 is 11.6 Å². The van der Waals surface area contributed by atoms with Crippen LogP contribution in [0.1, 0.15) is 44.6 Å². The molecule has 1 N–H and O–H groups in total. The van der Waals surface area contributed by atoms with E-state index < -0.39 is 6.04 Å². The first-order valence-electron chi connectivity index (χ1n) is 12.4. The van der Waals surface area contributed by atoms with Crippen molar-refractivity contribution in [2.24, 2.45) is 0 Å². The average molecular weight is 514 g/mol. The van der Waals surface area contributed by atoms with Gasteiger partial charge in [0.1, 0.15) is 24.5 Å². The van der Waals surface area contributed by atoms with E-state index in [0.717, 1.165) is 18.4 Å². The first kappa shape index (κ1) is 25.8. The van der Waals surface area contributed by atoms with Gasteiger partial charge in [-0.2, -0.15) is 0 Å². The number of hydrogen-bond donors (Lipinski definition) is 1. The van der Waals surface area contributed by atoms with Crippen molar-refractivity contribution in [1.29, 1.82) is 0 Å². The Morgan fingerprint density at radius 3 is 2.44 bits per heavy atom. The minimum Gasteiger partial charge on any atom is -0.489 e. The predicted octanol–water partition coefficient (Wildman–Crippen LogP) is 4.86. The average Bonchev–Trinajstić information content (AvgIpc) is 2.90. The fraction of sp³-hybridized carbons (Fsp3) is 0.444. The first-order valence-corrected chi connectivity index (χ1v) is 12.8. The number of carbonyl (C=O) groups excluding carboxylic acids is 3. The molecule has 0 aromatic heterocycles. The zero-order chi connectivity index (χ0) is 25.5. The Bertz CT molecular complexity index is 1070. The second-order valence-electron chi connectivity index (χ2n) is 9.20. The minimum absolute atomic E-state index is 0.0764. The van der Waals surface area contributed by atoms with Crippen molar-refractivity contribution >= 4 is 35.2 Å². The topological polar surface area (TPSA) is 88.2 Å². The molecule has 0 saturated carbocycles. The maximum atomic E-state index is 12.8. The van der Waals surface area contributed by atoms with E-state index >= 15 is 0 Å². The van der Waals surface area contributed by atoms with Crippen LogP contribution < -0.4 is 10.1 Å². The molecule has 4 rings (SSSR count). The zero-order valence-corrected chi connectivity index (χ0v) is 21.2. The van der Waals surface area contributed by atoms with E-state index in [1.165, 1.54) is 6.92 Å². The summed E-state index contributed by atoms with van der Waals surface area (Å²) in [6, 6.07) is 14.3. The second kappa shape index (κ2) is 12.1. The number of ether oxygens (including phenoxy) is 2. The summed E-state index contributed by atoms with van der Waals surface area (Å²) in [5.74, 6) is 0.232. The van der Waals surface area contributed by atoms with Gasteiger partial charge >= 0.3 is 6.09 Å². The molecule has 3 amide bonds. The zero-order valence-electron chi connectivity index (χ0n) is 20.5. The Morgan fingerprint density at radius 1 is 1.00 bits per heavy atom. The number of anilines is 1. The summed E-state index contributed by atoms with van der Waals surface area (Å²) >= 11 is 6.45. The molecular weight excluding hydrogens is 482 g/mol. The summed E-state index contributed by atoms with van der Waals surface area (Å²) in [6.07, 6.45) is 3.41. The Morgan fingerprint density at radius 2 is 1.75 bits per heavy atom. The molecule has 9 heteroatoms. The quantitative estimate of drug-likeness (QED) is 0.596. The van der Waals surface area contributed by atoms with Gasteiger partial charge in [0.05, 0.1) is 5.02 Å². The van der Waals surface area contributed by atoms with Crippen LogP contribution in [0.5, 0.6) is 5.75 Å². The lowest BCUT2D eigenvalue weighted by Gasteiger charge is -2.34. The molecule has 2 aromatic carbocycles. The molecule has 2 saturated heterocycles. The second-order valence-corrected chi connectivity index (χ2v) is 9.61. The first-order chi connectivity index (χ1) is 17.4. The summed E-state index contributed by atoms with van der Waals surface area (Å²) in [4.78, 5) is 40.4. The van der Waals surface area contributed by atoms with Crippen molar-refractivity contribution in [3.8, 4) is 5.75 Å². The molecule has 0 spiro atoms. The molecule has 2 aliphatic heterocycles. The molecule has 2 aromatic rings. The van der Waals surface area contributed by atoms with Gasteiger partial charge in [0.25, 0.3) is 0 Å². The molecule has 2 fully saturated rings. The van der Waals surface area contributed by atoms with Crippen molar-refractivity contribution in [3.63, 3.8) is 0 Å². The van der Waals surface area contributed by atoms with E-state index in [1.54, 1.807) is 28.0 Å². The highest BCUT2D eigenvalue weighted by molar-refractivity contribution is 6.32. The summed E-state index contributed by atoms with van der Waals surface area (Å²) in [5, 5.41) is 3.27. The molecule has 192 valence electrons. The van der Waals surface area contributed by atoms with E-state index in [9.17, 15) is 14.4 Å². The molecule has 2 heterocycles. The predicted molar refractivity (Wildman–Crippen MR) is 137 cm³/mol. The third kappa shape index (κ3) is 6.69. The van der Waals surface area contributed by atoms with Crippen LogP contribution in [0.15, 0.2) is 48.5 Å². The summed E-state index contributed by atoms with van der Waals surface area (Å²) in [6.45, 7) is 3.43. The standard InChI is InChI=1S/C27H32ClN3O5/c1-19(32)31-14-6-5-9-24(31)26(33)29-21-10-11-25(23(28)17-21)36-22-12-15-30(16-13-22)27(34)35-18-20-7-3-2-4-8-20/h2-4,7-8,10-11,17,22,24H,5-6,9,12-16,18H2,1H3,(H,29,33). The number of halogens is 1. The number of hydrogen-bond acceptors (Lipinski definition) is 5. The van der Waals surface area contributed by atoms with Gasteiger partial charge in [-0.25, -0.2) is 4.79 Å². The summed E-state index contributed by atoms with van der Waals surface area (Å²) in [7, 11) is 0. The Balaban J connectivity index is 1.25. The third-order valence-corrected chi connectivity index (χ3v) is 6.90. The highest BCUT2D eigenvalue weighted by Gasteiger charge is 2.30. The number of likely N-dealkylation sites (tertiary alicyclic amines) is 2. The van der Waals surface area contributed by atoms with Crippen LogP contribution in [0.2, 0.25) is 5.02 Å². The molecule has 0 bridgehead atoms. The minimum atomic E-state index is -0.462. The largest absolute Gasteiger partial charge is 0.489 e. The Hall–Kier alpha value is -3.26. The van der Waals surface area contributed by atoms with Crippen molar-refractivity contribution in [2.75, 3.05) is 25.0 Å². The summed E-state index contributed by atoms with van der Waals surface area (Å²) < 4.78 is 11.5. The maximum absolute atomic E-state index is 12.8. The fourth-order valence-corrected chi connectivity index (χ4v) is 4.85. The van der Waals surface area contributed by atoms with Gasteiger partial charge in [-0.15, -0.1) is 0 Å². The Kier molecular flexibility index (Phi) is 8.70. The SMILES string of the molecule is CC(=O)N1CCCCC1C(=O)Nc1ccc(OC2CCN(C(=O)OCc3ccccc3)CC2)c(Cl)c1. The van der Waals surface area contributed by atoms with E-state index in [4.69, 9.17) is 21.1 Å². The van der Waals surface area contributed by atoms with Crippen LogP contribution in [0, 0.1) is 0 Å². The van der Waals surface area contributed by atoms with Crippen LogP contribution in [-0.4, -0.2) is 59.5 Å². The van der Waals surface area contributed by atoms with Crippen LogP contribution in [0.3, 0.4) is 0 Å². The molecule has 36 heavy (non-hydrogen) atoms. The maximum Gasteiger partial charge on any atom is 0.410 e. The fourth-order valence-electron chi connectivity index (χ4n) is 4.63. The van der Waals surface area contributed by atoms with E-state index in [2.05, 4.69) is 5.32 Å². The lowest BCUT2D eigenvalue weighted by atomic mass is 10.0. The number of piperidine rings is 2. The van der Waals surface area contributed by atoms with Crippen molar-refractivity contribution in [1.82, 2.24) is 9.80 Å². The van der Waals surface area contributed by atoms with Gasteiger partial charge < -0.3 is 24.6 Å². The van der Waals surface area contributed by atoms with Gasteiger partial charge in [0.15, 0.2) is 0 Å². The smallest absolute Gasteiger partial charge is 0.410 e. The molecule has 0 radical (unpaired) electrons. The number of benzene rings is 2. The van der Waals surface area contributed by atoms with Gasteiger partial charge in [-0.05, 0) is 43.0 Å². The molecule has 2 aliphatic rings. The molecular formula is C27H32ClN3O5. The van der Waals surface area contributed by atoms with E-state index in [1.807, 2.05) is 30.3 Å². The van der Waals surface area contributed by atoms with Crippen LogP contribution in [-0.2, 0) is 20.9 Å². The van der Waals surface area contributed by atoms with E-state index in [-0.39, 0.29) is 30.6 Å². The van der Waals surface area contributed by atoms with E-state index in [0.29, 0.717) is 55.4 Å². The van der Waals surface area contributed by atoms with Gasteiger partial charge in [-0.1, -0.05) is 41.9 Å². The monoisotopic (exact) mass is 513 g/mol. The van der Waals surface area contributed by atoms with Crippen molar-refractivity contribution < 1.29 is 23.9 Å². The van der Waals surface area contributed by atoms with Crippen molar-refractivity contribution in [3.05, 3.63) is 59.1 Å². The number of amides is 3. The summed E-state index contributed by atoms with van der Waals surface area (Å²) in [5.41, 5.74) is 1.51. The van der Waals surface area contributed by atoms with Gasteiger partial charge in [0.2, 0.25) is 11.8 Å². The highest BCUT2D eigenvalue weighted by atomic mass is 35.5. The molecule has 0 aliphatic carbocycles. The van der Waals surface area contributed by atoms with Crippen LogP contribution in [0.4, 0.5) is 10.5 Å². The normalized spacial score (nSPS) is 18.4.